The smallest absolute Gasteiger partial charge is 0.319 e. The summed E-state index contributed by atoms with van der Waals surface area (Å²) in [6, 6.07) is -0.856. The van der Waals surface area contributed by atoms with Gasteiger partial charge in [-0.15, -0.1) is 0 Å². The Morgan fingerprint density at radius 1 is 1.41 bits per heavy atom. The minimum absolute atomic E-state index is 0.102. The fourth-order valence-corrected chi connectivity index (χ4v) is 1.22. The van der Waals surface area contributed by atoms with E-state index in [9.17, 15) is 9.59 Å². The Morgan fingerprint density at radius 3 is 2.59 bits per heavy atom. The van der Waals surface area contributed by atoms with Gasteiger partial charge in [0.25, 0.3) is 0 Å². The van der Waals surface area contributed by atoms with E-state index in [1.54, 1.807) is 6.92 Å². The van der Waals surface area contributed by atoms with Crippen LogP contribution in [0.1, 0.15) is 19.8 Å². The van der Waals surface area contributed by atoms with Crippen molar-refractivity contribution < 1.29 is 14.7 Å². The first-order chi connectivity index (χ1) is 8.11. The van der Waals surface area contributed by atoms with E-state index >= 15 is 0 Å². The van der Waals surface area contributed by atoms with Gasteiger partial charge in [-0.3, -0.25) is 4.79 Å². The van der Waals surface area contributed by atoms with Crippen molar-refractivity contribution >= 4 is 17.7 Å². The number of hydrogen-bond donors (Lipinski definition) is 3. The van der Waals surface area contributed by atoms with Gasteiger partial charge in [-0.25, -0.2) is 14.8 Å². The quantitative estimate of drug-likeness (QED) is 0.705. The van der Waals surface area contributed by atoms with Gasteiger partial charge in [0.05, 0.1) is 24.5 Å². The van der Waals surface area contributed by atoms with Crippen LogP contribution in [0.15, 0.2) is 18.7 Å². The van der Waals surface area contributed by atoms with E-state index in [1.807, 2.05) is 0 Å². The summed E-state index contributed by atoms with van der Waals surface area (Å²) >= 11 is 0. The molecule has 1 atom stereocenters. The number of anilines is 1. The summed E-state index contributed by atoms with van der Waals surface area (Å²) in [5.74, 6) is -0.944. The number of urea groups is 1. The summed E-state index contributed by atoms with van der Waals surface area (Å²) in [5, 5.41) is 13.7. The Kier molecular flexibility index (Phi) is 4.86. The number of carbonyl (C=O) groups excluding carboxylic acids is 1. The first kappa shape index (κ1) is 12.9. The summed E-state index contributed by atoms with van der Waals surface area (Å²) in [7, 11) is 0. The Labute approximate surface area is 98.3 Å². The van der Waals surface area contributed by atoms with E-state index < -0.39 is 18.0 Å². The molecule has 0 bridgehead atoms. The van der Waals surface area contributed by atoms with Gasteiger partial charge in [0.2, 0.25) is 0 Å². The largest absolute Gasteiger partial charge is 0.481 e. The molecule has 17 heavy (non-hydrogen) atoms. The standard InChI is InChI=1S/C10H14N4O3/c1-2-7(3-9(15)16)13-10(17)14-8-4-11-6-12-5-8/h4-7H,2-3H2,1H3,(H,15,16)(H2,13,14,17). The van der Waals surface area contributed by atoms with Crippen molar-refractivity contribution in [1.82, 2.24) is 15.3 Å². The summed E-state index contributed by atoms with van der Waals surface area (Å²) in [5.41, 5.74) is 0.454. The Bertz CT molecular complexity index is 382. The Balaban J connectivity index is 2.45. The van der Waals surface area contributed by atoms with Crippen molar-refractivity contribution in [3.8, 4) is 0 Å². The Hall–Kier alpha value is -2.18. The molecular weight excluding hydrogens is 224 g/mol. The van der Waals surface area contributed by atoms with E-state index in [4.69, 9.17) is 5.11 Å². The molecule has 0 saturated heterocycles. The molecule has 1 aromatic rings. The molecule has 0 fully saturated rings. The zero-order valence-corrected chi connectivity index (χ0v) is 9.38. The van der Waals surface area contributed by atoms with Crippen LogP contribution in [0.25, 0.3) is 0 Å². The molecule has 7 nitrogen and oxygen atoms in total. The van der Waals surface area contributed by atoms with E-state index in [1.165, 1.54) is 18.7 Å². The summed E-state index contributed by atoms with van der Waals surface area (Å²) in [4.78, 5) is 29.5. The second-order valence-corrected chi connectivity index (χ2v) is 3.43. The molecule has 7 heteroatoms. The number of carboxylic acid groups (broad SMARTS) is 1. The molecule has 3 N–H and O–H groups in total. The van der Waals surface area contributed by atoms with Gasteiger partial charge in [0.1, 0.15) is 6.33 Å². The zero-order chi connectivity index (χ0) is 12.7. The van der Waals surface area contributed by atoms with Crippen LogP contribution in [0.2, 0.25) is 0 Å². The van der Waals surface area contributed by atoms with Crippen molar-refractivity contribution in [3.05, 3.63) is 18.7 Å². The molecule has 0 saturated carbocycles. The molecule has 2 amide bonds. The second kappa shape index (κ2) is 6.41. The van der Waals surface area contributed by atoms with Crippen molar-refractivity contribution in [2.45, 2.75) is 25.8 Å². The lowest BCUT2D eigenvalue weighted by Crippen LogP contribution is -2.38. The predicted molar refractivity (Wildman–Crippen MR) is 60.5 cm³/mol. The van der Waals surface area contributed by atoms with Crippen LogP contribution in [-0.2, 0) is 4.79 Å². The van der Waals surface area contributed by atoms with Crippen LogP contribution in [0, 0.1) is 0 Å². The van der Waals surface area contributed by atoms with Gasteiger partial charge in [-0.2, -0.15) is 0 Å². The van der Waals surface area contributed by atoms with Crippen LogP contribution >= 0.6 is 0 Å². The van der Waals surface area contributed by atoms with E-state index in [-0.39, 0.29) is 6.42 Å². The van der Waals surface area contributed by atoms with Gasteiger partial charge in [-0.05, 0) is 6.42 Å². The molecule has 1 aromatic heterocycles. The molecule has 1 heterocycles. The van der Waals surface area contributed by atoms with Gasteiger partial charge in [0.15, 0.2) is 0 Å². The predicted octanol–water partition coefficient (Wildman–Crippen LogP) is 0.851. The number of hydrogen-bond acceptors (Lipinski definition) is 4. The maximum atomic E-state index is 11.5. The number of aromatic nitrogens is 2. The highest BCUT2D eigenvalue weighted by atomic mass is 16.4. The highest BCUT2D eigenvalue weighted by Gasteiger charge is 2.13. The van der Waals surface area contributed by atoms with Crippen LogP contribution in [0.5, 0.6) is 0 Å². The average molecular weight is 238 g/mol. The number of rotatable bonds is 5. The molecular formula is C10H14N4O3. The van der Waals surface area contributed by atoms with Crippen LogP contribution < -0.4 is 10.6 Å². The first-order valence-corrected chi connectivity index (χ1v) is 5.16. The number of carbonyl (C=O) groups is 2. The normalized spacial score (nSPS) is 11.6. The monoisotopic (exact) mass is 238 g/mol. The SMILES string of the molecule is CCC(CC(=O)O)NC(=O)Nc1cncnc1. The molecule has 0 aliphatic heterocycles. The zero-order valence-electron chi connectivity index (χ0n) is 9.38. The molecule has 0 aliphatic carbocycles. The summed E-state index contributed by atoms with van der Waals surface area (Å²) < 4.78 is 0. The molecule has 0 aromatic carbocycles. The van der Waals surface area contributed by atoms with Crippen LogP contribution in [-0.4, -0.2) is 33.1 Å². The third-order valence-corrected chi connectivity index (χ3v) is 2.07. The van der Waals surface area contributed by atoms with Gasteiger partial charge >= 0.3 is 12.0 Å². The van der Waals surface area contributed by atoms with Crippen molar-refractivity contribution in [2.24, 2.45) is 0 Å². The minimum Gasteiger partial charge on any atom is -0.481 e. The summed E-state index contributed by atoms with van der Waals surface area (Å²) in [6.45, 7) is 1.81. The number of aliphatic carboxylic acids is 1. The maximum absolute atomic E-state index is 11.5. The molecule has 0 radical (unpaired) electrons. The van der Waals surface area contributed by atoms with Crippen LogP contribution in [0.4, 0.5) is 10.5 Å². The van der Waals surface area contributed by atoms with Gasteiger partial charge in [0, 0.05) is 6.04 Å². The Morgan fingerprint density at radius 2 is 2.06 bits per heavy atom. The molecule has 0 spiro atoms. The highest BCUT2D eigenvalue weighted by molar-refractivity contribution is 5.89. The fourth-order valence-electron chi connectivity index (χ4n) is 1.22. The third-order valence-electron chi connectivity index (χ3n) is 2.07. The third kappa shape index (κ3) is 4.92. The highest BCUT2D eigenvalue weighted by Crippen LogP contribution is 2.02. The van der Waals surface area contributed by atoms with Gasteiger partial charge in [-0.1, -0.05) is 6.92 Å². The lowest BCUT2D eigenvalue weighted by atomic mass is 10.1. The summed E-state index contributed by atoms with van der Waals surface area (Å²) in [6.07, 6.45) is 4.69. The number of amides is 2. The topological polar surface area (TPSA) is 104 Å². The van der Waals surface area contributed by atoms with Crippen LogP contribution in [0.3, 0.4) is 0 Å². The first-order valence-electron chi connectivity index (χ1n) is 5.16. The molecule has 1 rings (SSSR count). The molecule has 92 valence electrons. The van der Waals surface area contributed by atoms with E-state index in [2.05, 4.69) is 20.6 Å². The minimum atomic E-state index is -0.944. The van der Waals surface area contributed by atoms with Crippen molar-refractivity contribution in [2.75, 3.05) is 5.32 Å². The van der Waals surface area contributed by atoms with Crippen molar-refractivity contribution in [1.29, 1.82) is 0 Å². The van der Waals surface area contributed by atoms with E-state index in [0.29, 0.717) is 12.1 Å². The molecule has 0 aliphatic rings. The van der Waals surface area contributed by atoms with E-state index in [0.717, 1.165) is 0 Å². The molecule has 1 unspecified atom stereocenters. The van der Waals surface area contributed by atoms with Crippen molar-refractivity contribution in [3.63, 3.8) is 0 Å². The average Bonchev–Trinajstić information content (AvgIpc) is 2.28. The number of nitrogens with one attached hydrogen (secondary N) is 2. The van der Waals surface area contributed by atoms with Gasteiger partial charge < -0.3 is 15.7 Å². The lowest BCUT2D eigenvalue weighted by molar-refractivity contribution is -0.137. The second-order valence-electron chi connectivity index (χ2n) is 3.43. The lowest BCUT2D eigenvalue weighted by Gasteiger charge is -2.15. The maximum Gasteiger partial charge on any atom is 0.319 e. The number of carboxylic acids is 1. The number of nitrogens with zero attached hydrogens (tertiary/aromatic N) is 2. The fraction of sp³-hybridized carbons (Fsp3) is 0.400.